The van der Waals surface area contributed by atoms with Gasteiger partial charge in [-0.15, -0.1) is 0 Å². The molecule has 0 heterocycles. The topological polar surface area (TPSA) is 74.6 Å². The number of hydrogen-bond acceptors (Lipinski definition) is 2. The van der Waals surface area contributed by atoms with Crippen LogP contribution in [-0.4, -0.2) is 22.2 Å². The summed E-state index contributed by atoms with van der Waals surface area (Å²) in [5, 5.41) is 19.5. The van der Waals surface area contributed by atoms with Gasteiger partial charge in [-0.05, 0) is 40.5 Å². The van der Waals surface area contributed by atoms with E-state index in [0.29, 0.717) is 10.8 Å². The molecule has 4 nitrogen and oxygen atoms in total. The van der Waals surface area contributed by atoms with Gasteiger partial charge in [-0.2, -0.15) is 0 Å². The number of aromatic carboxylic acids is 2. The highest BCUT2D eigenvalue weighted by Crippen LogP contribution is 2.29. The number of fused-ring (bicyclic) bond motifs is 1. The highest BCUT2D eigenvalue weighted by atomic mass is 16.4. The summed E-state index contributed by atoms with van der Waals surface area (Å²) >= 11 is 0. The number of carbonyl (C=O) groups is 2. The Hall–Kier alpha value is -2.36. The van der Waals surface area contributed by atoms with Crippen LogP contribution in [-0.2, 0) is 0 Å². The summed E-state index contributed by atoms with van der Waals surface area (Å²) in [5.41, 5.74) is 1.30. The van der Waals surface area contributed by atoms with Crippen LogP contribution >= 0.6 is 0 Å². The SMILES string of the molecule is CC(C)c1ccc(C(=O)O)c2ccc(C(=O)O)cc12. The molecule has 0 aromatic heterocycles. The maximum atomic E-state index is 11.2. The van der Waals surface area contributed by atoms with E-state index in [4.69, 9.17) is 5.11 Å². The maximum absolute atomic E-state index is 11.2. The molecule has 2 N–H and O–H groups in total. The first-order valence-electron chi connectivity index (χ1n) is 5.95. The first-order valence-corrected chi connectivity index (χ1v) is 5.95. The van der Waals surface area contributed by atoms with Gasteiger partial charge in [0.25, 0.3) is 0 Å². The Morgan fingerprint density at radius 2 is 1.63 bits per heavy atom. The number of carboxylic acids is 2. The van der Waals surface area contributed by atoms with E-state index in [2.05, 4.69) is 0 Å². The van der Waals surface area contributed by atoms with Gasteiger partial charge in [0.05, 0.1) is 11.1 Å². The highest BCUT2D eigenvalue weighted by Gasteiger charge is 2.14. The van der Waals surface area contributed by atoms with E-state index < -0.39 is 11.9 Å². The second-order valence-corrected chi connectivity index (χ2v) is 4.73. The van der Waals surface area contributed by atoms with Crippen LogP contribution in [0.2, 0.25) is 0 Å². The molecular weight excluding hydrogens is 244 g/mol. The molecule has 0 fully saturated rings. The van der Waals surface area contributed by atoms with E-state index in [-0.39, 0.29) is 17.0 Å². The molecule has 0 saturated heterocycles. The number of benzene rings is 2. The molecule has 19 heavy (non-hydrogen) atoms. The molecule has 0 aliphatic carbocycles. The fourth-order valence-corrected chi connectivity index (χ4v) is 2.19. The average Bonchev–Trinajstić information content (AvgIpc) is 2.36. The molecule has 0 aliphatic heterocycles. The van der Waals surface area contributed by atoms with Crippen molar-refractivity contribution in [2.24, 2.45) is 0 Å². The van der Waals surface area contributed by atoms with Gasteiger partial charge in [0, 0.05) is 0 Å². The van der Waals surface area contributed by atoms with Crippen molar-refractivity contribution in [2.45, 2.75) is 19.8 Å². The second kappa shape index (κ2) is 4.72. The van der Waals surface area contributed by atoms with Crippen LogP contribution in [0.3, 0.4) is 0 Å². The minimum absolute atomic E-state index is 0.164. The third-order valence-corrected chi connectivity index (χ3v) is 3.15. The zero-order valence-electron chi connectivity index (χ0n) is 10.7. The Morgan fingerprint density at radius 3 is 2.16 bits per heavy atom. The van der Waals surface area contributed by atoms with Crippen molar-refractivity contribution < 1.29 is 19.8 Å². The molecule has 0 atom stereocenters. The average molecular weight is 258 g/mol. The largest absolute Gasteiger partial charge is 0.478 e. The number of hydrogen-bond donors (Lipinski definition) is 2. The van der Waals surface area contributed by atoms with Gasteiger partial charge >= 0.3 is 11.9 Å². The van der Waals surface area contributed by atoms with E-state index in [0.717, 1.165) is 5.56 Å². The monoisotopic (exact) mass is 258 g/mol. The van der Waals surface area contributed by atoms with Gasteiger partial charge in [-0.3, -0.25) is 0 Å². The van der Waals surface area contributed by atoms with Crippen molar-refractivity contribution in [2.75, 3.05) is 0 Å². The molecule has 2 rings (SSSR count). The molecule has 2 aromatic rings. The summed E-state index contributed by atoms with van der Waals surface area (Å²) in [6, 6.07) is 7.86. The van der Waals surface area contributed by atoms with E-state index in [1.807, 2.05) is 13.8 Å². The molecule has 0 bridgehead atoms. The van der Waals surface area contributed by atoms with Crippen molar-refractivity contribution in [3.8, 4) is 0 Å². The molecule has 0 amide bonds. The minimum atomic E-state index is -1.02. The van der Waals surface area contributed by atoms with Crippen LogP contribution in [0.25, 0.3) is 10.8 Å². The van der Waals surface area contributed by atoms with Gasteiger partial charge in [0.15, 0.2) is 0 Å². The lowest BCUT2D eigenvalue weighted by molar-refractivity contribution is 0.0688. The minimum Gasteiger partial charge on any atom is -0.478 e. The highest BCUT2D eigenvalue weighted by molar-refractivity contribution is 6.06. The Kier molecular flexibility index (Phi) is 3.25. The van der Waals surface area contributed by atoms with Gasteiger partial charge in [-0.25, -0.2) is 9.59 Å². The third kappa shape index (κ3) is 2.29. The van der Waals surface area contributed by atoms with Gasteiger partial charge < -0.3 is 10.2 Å². The molecular formula is C15H14O4. The van der Waals surface area contributed by atoms with Gasteiger partial charge in [0.1, 0.15) is 0 Å². The Balaban J connectivity index is 2.85. The second-order valence-electron chi connectivity index (χ2n) is 4.73. The van der Waals surface area contributed by atoms with Crippen LogP contribution in [0.5, 0.6) is 0 Å². The zero-order chi connectivity index (χ0) is 14.2. The predicted octanol–water partition coefficient (Wildman–Crippen LogP) is 3.36. The molecule has 0 unspecified atom stereocenters. The Morgan fingerprint density at radius 1 is 0.947 bits per heavy atom. The molecule has 0 saturated carbocycles. The lowest BCUT2D eigenvalue weighted by Gasteiger charge is -2.12. The normalized spacial score (nSPS) is 10.9. The van der Waals surface area contributed by atoms with E-state index in [1.54, 1.807) is 24.3 Å². The quantitative estimate of drug-likeness (QED) is 0.885. The number of carboxylic acid groups (broad SMARTS) is 2. The van der Waals surface area contributed by atoms with Crippen molar-refractivity contribution in [3.05, 3.63) is 47.0 Å². The number of rotatable bonds is 3. The van der Waals surface area contributed by atoms with Crippen LogP contribution in [0, 0.1) is 0 Å². The van der Waals surface area contributed by atoms with Crippen molar-refractivity contribution in [1.82, 2.24) is 0 Å². The lowest BCUT2D eigenvalue weighted by Crippen LogP contribution is -2.02. The summed E-state index contributed by atoms with van der Waals surface area (Å²) in [6.45, 7) is 3.98. The molecule has 4 heteroatoms. The molecule has 0 aliphatic rings. The fourth-order valence-electron chi connectivity index (χ4n) is 2.19. The van der Waals surface area contributed by atoms with E-state index in [9.17, 15) is 14.7 Å². The smallest absolute Gasteiger partial charge is 0.336 e. The van der Waals surface area contributed by atoms with Crippen LogP contribution in [0.15, 0.2) is 30.3 Å². The summed E-state index contributed by atoms with van der Waals surface area (Å²) in [5.74, 6) is -1.84. The van der Waals surface area contributed by atoms with Crippen LogP contribution < -0.4 is 0 Å². The fraction of sp³-hybridized carbons (Fsp3) is 0.200. The lowest BCUT2D eigenvalue weighted by atomic mass is 9.92. The van der Waals surface area contributed by atoms with Gasteiger partial charge in [-0.1, -0.05) is 26.0 Å². The van der Waals surface area contributed by atoms with E-state index >= 15 is 0 Å². The van der Waals surface area contributed by atoms with Crippen LogP contribution in [0.1, 0.15) is 46.0 Å². The molecule has 0 radical (unpaired) electrons. The van der Waals surface area contributed by atoms with E-state index in [1.165, 1.54) is 6.07 Å². The maximum Gasteiger partial charge on any atom is 0.336 e. The Labute approximate surface area is 110 Å². The van der Waals surface area contributed by atoms with Crippen molar-refractivity contribution in [1.29, 1.82) is 0 Å². The first-order chi connectivity index (χ1) is 8.91. The summed E-state index contributed by atoms with van der Waals surface area (Å²) in [6.07, 6.45) is 0. The third-order valence-electron chi connectivity index (χ3n) is 3.15. The van der Waals surface area contributed by atoms with Crippen molar-refractivity contribution >= 4 is 22.7 Å². The predicted molar refractivity (Wildman–Crippen MR) is 72.0 cm³/mol. The van der Waals surface area contributed by atoms with Gasteiger partial charge in [0.2, 0.25) is 0 Å². The standard InChI is InChI=1S/C15H14O4/c1-8(2)10-5-6-12(15(18)19)11-4-3-9(14(16)17)7-13(10)11/h3-8H,1-2H3,(H,16,17)(H,18,19). The Bertz CT molecular complexity index is 671. The first kappa shape index (κ1) is 13.1. The summed E-state index contributed by atoms with van der Waals surface area (Å²) < 4.78 is 0. The van der Waals surface area contributed by atoms with Crippen molar-refractivity contribution in [3.63, 3.8) is 0 Å². The molecule has 0 spiro atoms. The summed E-state index contributed by atoms with van der Waals surface area (Å²) in [4.78, 5) is 22.2. The zero-order valence-corrected chi connectivity index (χ0v) is 10.7. The van der Waals surface area contributed by atoms with Crippen LogP contribution in [0.4, 0.5) is 0 Å². The summed E-state index contributed by atoms with van der Waals surface area (Å²) in [7, 11) is 0. The molecule has 2 aromatic carbocycles. The molecule has 98 valence electrons.